The van der Waals surface area contributed by atoms with Crippen LogP contribution in [0.5, 0.6) is 0 Å². The second-order valence-electron chi connectivity index (χ2n) is 6.94. The number of fused-ring (bicyclic) bond motifs is 1. The third-order valence-corrected chi connectivity index (χ3v) is 4.84. The highest BCUT2D eigenvalue weighted by Gasteiger charge is 2.33. The first-order chi connectivity index (χ1) is 12.0. The molecule has 6 nitrogen and oxygen atoms in total. The molecule has 3 rings (SSSR count). The molecular formula is C19H27N5O. The van der Waals surface area contributed by atoms with E-state index in [2.05, 4.69) is 52.8 Å². The number of unbranched alkanes of at least 4 members (excludes halogenated alkanes) is 1. The number of nitrogens with one attached hydrogen (secondary N) is 3. The molecule has 2 heterocycles. The van der Waals surface area contributed by atoms with E-state index in [0.717, 1.165) is 35.9 Å². The number of rotatable bonds is 5. The molecule has 3 unspecified atom stereocenters. The Balaban J connectivity index is 1.74. The maximum atomic E-state index is 12.4. The van der Waals surface area contributed by atoms with Crippen LogP contribution in [-0.4, -0.2) is 28.2 Å². The molecule has 0 saturated carbocycles. The number of carbonyl (C=O) groups excluding carboxylic acids is 1. The van der Waals surface area contributed by atoms with Crippen molar-refractivity contribution in [2.75, 3.05) is 5.32 Å². The lowest BCUT2D eigenvalue weighted by Crippen LogP contribution is -2.63. The minimum Gasteiger partial charge on any atom is -0.323 e. The molecule has 6 heteroatoms. The predicted octanol–water partition coefficient (Wildman–Crippen LogP) is 2.86. The summed E-state index contributed by atoms with van der Waals surface area (Å²) in [6.07, 6.45) is 2.72. The van der Waals surface area contributed by atoms with Gasteiger partial charge in [0.25, 0.3) is 0 Å². The Kier molecular flexibility index (Phi) is 5.18. The highest BCUT2D eigenvalue weighted by Crippen LogP contribution is 2.20. The number of nitrogens with zero attached hydrogens (tertiary/aromatic N) is 2. The molecule has 1 amide bonds. The lowest BCUT2D eigenvalue weighted by atomic mass is 9.92. The first kappa shape index (κ1) is 17.6. The molecule has 3 atom stereocenters. The van der Waals surface area contributed by atoms with Gasteiger partial charge in [-0.2, -0.15) is 0 Å². The zero-order chi connectivity index (χ0) is 18.0. The summed E-state index contributed by atoms with van der Waals surface area (Å²) >= 11 is 0. The van der Waals surface area contributed by atoms with E-state index in [1.165, 1.54) is 5.56 Å². The van der Waals surface area contributed by atoms with Crippen LogP contribution < -0.4 is 16.0 Å². The summed E-state index contributed by atoms with van der Waals surface area (Å²) in [5.74, 6) is 0.622. The zero-order valence-corrected chi connectivity index (χ0v) is 15.4. The number of aromatic nitrogens is 2. The van der Waals surface area contributed by atoms with Gasteiger partial charge in [-0.25, -0.2) is 9.97 Å². The van der Waals surface area contributed by atoms with Gasteiger partial charge < -0.3 is 10.6 Å². The first-order valence-electron chi connectivity index (χ1n) is 9.06. The van der Waals surface area contributed by atoms with Gasteiger partial charge in [0, 0.05) is 11.4 Å². The van der Waals surface area contributed by atoms with E-state index in [9.17, 15) is 4.79 Å². The lowest BCUT2D eigenvalue weighted by molar-refractivity contribution is -0.129. The maximum absolute atomic E-state index is 12.4. The minimum atomic E-state index is -0.359. The van der Waals surface area contributed by atoms with Crippen LogP contribution in [0.1, 0.15) is 44.4 Å². The number of aryl methyl sites for hydroxylation is 2. The summed E-state index contributed by atoms with van der Waals surface area (Å²) in [6.45, 7) is 8.24. The summed E-state index contributed by atoms with van der Waals surface area (Å²) in [5, 5.41) is 10.7. The predicted molar refractivity (Wildman–Crippen MR) is 100 cm³/mol. The normalized spacial score (nSPS) is 23.5. The van der Waals surface area contributed by atoms with Crippen molar-refractivity contribution in [2.24, 2.45) is 5.92 Å². The van der Waals surface area contributed by atoms with Gasteiger partial charge in [0.1, 0.15) is 0 Å². The summed E-state index contributed by atoms with van der Waals surface area (Å²) in [6, 6.07) is 6.25. The second-order valence-corrected chi connectivity index (χ2v) is 6.94. The molecule has 1 saturated heterocycles. The maximum Gasteiger partial charge on any atom is 0.227 e. The van der Waals surface area contributed by atoms with E-state index in [1.807, 2.05) is 19.1 Å². The van der Waals surface area contributed by atoms with E-state index in [-0.39, 0.29) is 24.2 Å². The van der Waals surface area contributed by atoms with Crippen LogP contribution >= 0.6 is 0 Å². The van der Waals surface area contributed by atoms with Crippen LogP contribution in [0.2, 0.25) is 0 Å². The molecule has 1 aliphatic rings. The Bertz CT molecular complexity index is 776. The molecule has 1 aromatic carbocycles. The molecule has 0 aliphatic carbocycles. The molecule has 25 heavy (non-hydrogen) atoms. The molecule has 0 bridgehead atoms. The number of benzene rings is 1. The van der Waals surface area contributed by atoms with Crippen molar-refractivity contribution in [1.82, 2.24) is 20.6 Å². The molecule has 1 aliphatic heterocycles. The van der Waals surface area contributed by atoms with Crippen molar-refractivity contribution in [3.63, 3.8) is 0 Å². The molecule has 134 valence electrons. The van der Waals surface area contributed by atoms with Crippen LogP contribution in [0.25, 0.3) is 10.9 Å². The van der Waals surface area contributed by atoms with Crippen molar-refractivity contribution in [1.29, 1.82) is 0 Å². The quantitative estimate of drug-likeness (QED) is 0.779. The Hall–Kier alpha value is -2.21. The zero-order valence-electron chi connectivity index (χ0n) is 15.4. The molecule has 2 aromatic rings. The molecule has 0 spiro atoms. The fourth-order valence-corrected chi connectivity index (χ4v) is 3.37. The third-order valence-electron chi connectivity index (χ3n) is 4.84. The van der Waals surface area contributed by atoms with E-state index >= 15 is 0 Å². The van der Waals surface area contributed by atoms with Gasteiger partial charge in [0.2, 0.25) is 11.9 Å². The van der Waals surface area contributed by atoms with Gasteiger partial charge in [-0.05, 0) is 39.3 Å². The second kappa shape index (κ2) is 7.35. The number of hydrogen-bond acceptors (Lipinski definition) is 5. The smallest absolute Gasteiger partial charge is 0.227 e. The Morgan fingerprint density at radius 1 is 1.24 bits per heavy atom. The number of hydrogen-bond donors (Lipinski definition) is 3. The molecule has 1 aromatic heterocycles. The fourth-order valence-electron chi connectivity index (χ4n) is 3.37. The Morgan fingerprint density at radius 3 is 2.76 bits per heavy atom. The number of anilines is 1. The average Bonchev–Trinajstić information content (AvgIpc) is 2.55. The van der Waals surface area contributed by atoms with Crippen molar-refractivity contribution < 1.29 is 4.79 Å². The van der Waals surface area contributed by atoms with E-state index in [0.29, 0.717) is 5.95 Å². The fraction of sp³-hybridized carbons (Fsp3) is 0.526. The summed E-state index contributed by atoms with van der Waals surface area (Å²) in [5.41, 5.74) is 3.01. The van der Waals surface area contributed by atoms with Gasteiger partial charge in [-0.1, -0.05) is 31.4 Å². The van der Waals surface area contributed by atoms with E-state index < -0.39 is 0 Å². The van der Waals surface area contributed by atoms with Crippen LogP contribution in [0.3, 0.4) is 0 Å². The highest BCUT2D eigenvalue weighted by atomic mass is 16.2. The molecule has 0 radical (unpaired) electrons. The monoisotopic (exact) mass is 341 g/mol. The van der Waals surface area contributed by atoms with Crippen molar-refractivity contribution in [3.05, 3.63) is 29.5 Å². The summed E-state index contributed by atoms with van der Waals surface area (Å²) < 4.78 is 0. The Morgan fingerprint density at radius 2 is 2.04 bits per heavy atom. The van der Waals surface area contributed by atoms with Crippen LogP contribution in [0, 0.1) is 19.8 Å². The van der Waals surface area contributed by atoms with Gasteiger partial charge in [-0.15, -0.1) is 0 Å². The highest BCUT2D eigenvalue weighted by molar-refractivity contribution is 5.83. The third kappa shape index (κ3) is 3.90. The largest absolute Gasteiger partial charge is 0.323 e. The van der Waals surface area contributed by atoms with Gasteiger partial charge >= 0.3 is 0 Å². The molecular weight excluding hydrogens is 314 g/mol. The topological polar surface area (TPSA) is 78.9 Å². The van der Waals surface area contributed by atoms with Gasteiger partial charge in [-0.3, -0.25) is 10.1 Å². The van der Waals surface area contributed by atoms with Gasteiger partial charge in [0.05, 0.1) is 17.1 Å². The van der Waals surface area contributed by atoms with Gasteiger partial charge in [0.15, 0.2) is 6.29 Å². The summed E-state index contributed by atoms with van der Waals surface area (Å²) in [7, 11) is 0. The van der Waals surface area contributed by atoms with Crippen LogP contribution in [0.4, 0.5) is 5.95 Å². The van der Waals surface area contributed by atoms with E-state index in [1.54, 1.807) is 0 Å². The first-order valence-corrected chi connectivity index (χ1v) is 9.06. The van der Waals surface area contributed by atoms with Crippen molar-refractivity contribution in [3.8, 4) is 0 Å². The standard InChI is InChI=1S/C19H27N5O/c1-5-6-7-14-12(3)20-19(23-17(14)25)24-18-21-13(4)15-10-11(2)8-9-16(15)22-18/h8-10,12,14,19-20H,5-7H2,1-4H3,(H,23,25)(H,21,22,24). The van der Waals surface area contributed by atoms with Crippen molar-refractivity contribution in [2.45, 2.75) is 59.3 Å². The Labute approximate surface area is 148 Å². The lowest BCUT2D eigenvalue weighted by Gasteiger charge is -2.36. The van der Waals surface area contributed by atoms with Crippen LogP contribution in [-0.2, 0) is 4.79 Å². The summed E-state index contributed by atoms with van der Waals surface area (Å²) in [4.78, 5) is 21.5. The molecule has 1 fully saturated rings. The number of amides is 1. The van der Waals surface area contributed by atoms with Crippen molar-refractivity contribution >= 4 is 22.8 Å². The van der Waals surface area contributed by atoms with Crippen LogP contribution in [0.15, 0.2) is 18.2 Å². The average molecular weight is 341 g/mol. The minimum absolute atomic E-state index is 0.0141. The van der Waals surface area contributed by atoms with E-state index in [4.69, 9.17) is 0 Å². The SMILES string of the molecule is CCCCC1C(=O)NC(Nc2nc(C)c3cc(C)ccc3n2)NC1C. The molecule has 3 N–H and O–H groups in total. The number of carbonyl (C=O) groups is 1.